The van der Waals surface area contributed by atoms with Gasteiger partial charge in [-0.25, -0.2) is 9.78 Å². The van der Waals surface area contributed by atoms with Gasteiger partial charge in [-0.1, -0.05) is 0 Å². The molecule has 1 heterocycles. The number of ether oxygens (including phenoxy) is 1. The van der Waals surface area contributed by atoms with Crippen molar-refractivity contribution in [3.05, 3.63) is 48.0 Å². The molecule has 0 bridgehead atoms. The van der Waals surface area contributed by atoms with Crippen LogP contribution in [0, 0.1) is 0 Å². The zero-order valence-electron chi connectivity index (χ0n) is 10.0. The summed E-state index contributed by atoms with van der Waals surface area (Å²) in [5, 5.41) is 8.77. The number of benzene rings is 1. The lowest BCUT2D eigenvalue weighted by molar-refractivity contribution is 0.0697. The van der Waals surface area contributed by atoms with Crippen molar-refractivity contribution in [2.75, 3.05) is 0 Å². The van der Waals surface area contributed by atoms with Gasteiger partial charge in [-0.05, 0) is 31.2 Å². The van der Waals surface area contributed by atoms with E-state index in [4.69, 9.17) is 9.84 Å². The van der Waals surface area contributed by atoms with Crippen LogP contribution in [0.2, 0.25) is 0 Å². The molecule has 2 rings (SSSR count). The summed E-state index contributed by atoms with van der Waals surface area (Å²) < 4.78 is 7.57. The molecule has 1 aromatic heterocycles. The van der Waals surface area contributed by atoms with Crippen LogP contribution in [0.15, 0.2) is 36.8 Å². The van der Waals surface area contributed by atoms with Crippen LogP contribution in [0.25, 0.3) is 0 Å². The van der Waals surface area contributed by atoms with Crippen LogP contribution >= 0.6 is 0 Å². The molecule has 94 valence electrons. The molecular formula is C13H14N2O3. The number of aryl methyl sites for hydroxylation is 1. The highest BCUT2D eigenvalue weighted by molar-refractivity contribution is 5.87. The molecule has 0 saturated heterocycles. The Morgan fingerprint density at radius 2 is 2.11 bits per heavy atom. The van der Waals surface area contributed by atoms with Crippen molar-refractivity contribution < 1.29 is 14.6 Å². The summed E-state index contributed by atoms with van der Waals surface area (Å²) >= 11 is 0. The highest BCUT2D eigenvalue weighted by atomic mass is 16.5. The van der Waals surface area contributed by atoms with Gasteiger partial charge in [0.25, 0.3) is 0 Å². The topological polar surface area (TPSA) is 64.4 Å². The summed E-state index contributed by atoms with van der Waals surface area (Å²) in [6, 6.07) is 6.34. The average Bonchev–Trinajstić information content (AvgIpc) is 2.84. The fourth-order valence-corrected chi connectivity index (χ4v) is 1.60. The van der Waals surface area contributed by atoms with Crippen LogP contribution in [0.3, 0.4) is 0 Å². The summed E-state index contributed by atoms with van der Waals surface area (Å²) in [5.41, 5.74) is 1.24. The average molecular weight is 246 g/mol. The number of aromatic carboxylic acids is 1. The van der Waals surface area contributed by atoms with E-state index in [9.17, 15) is 4.79 Å². The minimum absolute atomic E-state index is 0.251. The summed E-state index contributed by atoms with van der Waals surface area (Å²) in [6.45, 7) is 3.30. The van der Waals surface area contributed by atoms with E-state index in [1.165, 1.54) is 12.1 Å². The predicted molar refractivity (Wildman–Crippen MR) is 65.6 cm³/mol. The lowest BCUT2D eigenvalue weighted by atomic mass is 10.2. The summed E-state index contributed by atoms with van der Waals surface area (Å²) in [7, 11) is 0. The third kappa shape index (κ3) is 2.68. The van der Waals surface area contributed by atoms with Gasteiger partial charge in [0, 0.05) is 6.54 Å². The molecule has 18 heavy (non-hydrogen) atoms. The molecule has 1 aromatic carbocycles. The predicted octanol–water partition coefficient (Wildman–Crippen LogP) is 2.18. The Balaban J connectivity index is 2.00. The number of aromatic nitrogens is 2. The van der Waals surface area contributed by atoms with E-state index in [2.05, 4.69) is 4.98 Å². The van der Waals surface area contributed by atoms with Crippen molar-refractivity contribution in [2.45, 2.75) is 20.1 Å². The van der Waals surface area contributed by atoms with Gasteiger partial charge in [-0.3, -0.25) is 0 Å². The smallest absolute Gasteiger partial charge is 0.335 e. The van der Waals surface area contributed by atoms with E-state index in [0.29, 0.717) is 12.4 Å². The third-order valence-electron chi connectivity index (χ3n) is 2.63. The first-order valence-electron chi connectivity index (χ1n) is 5.66. The molecule has 0 fully saturated rings. The molecule has 0 atom stereocenters. The second-order valence-electron chi connectivity index (χ2n) is 3.79. The monoisotopic (exact) mass is 246 g/mol. The molecule has 0 radical (unpaired) electrons. The number of nitrogens with zero attached hydrogens (tertiary/aromatic N) is 2. The van der Waals surface area contributed by atoms with Crippen molar-refractivity contribution in [1.29, 1.82) is 0 Å². The van der Waals surface area contributed by atoms with Crippen LogP contribution < -0.4 is 4.74 Å². The Bertz CT molecular complexity index is 531. The Labute approximate surface area is 105 Å². The molecule has 0 unspecified atom stereocenters. The summed E-state index contributed by atoms with van der Waals surface area (Å²) in [5.74, 6) is -0.297. The zero-order valence-corrected chi connectivity index (χ0v) is 10.0. The number of carboxylic acids is 1. The second kappa shape index (κ2) is 5.35. The molecule has 0 spiro atoms. The van der Waals surface area contributed by atoms with E-state index < -0.39 is 5.97 Å². The van der Waals surface area contributed by atoms with E-state index in [-0.39, 0.29) is 5.56 Å². The largest absolute Gasteiger partial charge is 0.487 e. The van der Waals surface area contributed by atoms with E-state index >= 15 is 0 Å². The SMILES string of the molecule is CCn1cncc1COc1ccc(C(=O)O)cc1. The normalized spacial score (nSPS) is 10.3. The van der Waals surface area contributed by atoms with Crippen molar-refractivity contribution >= 4 is 5.97 Å². The van der Waals surface area contributed by atoms with Crippen LogP contribution in [0.4, 0.5) is 0 Å². The van der Waals surface area contributed by atoms with Gasteiger partial charge in [0.15, 0.2) is 0 Å². The fraction of sp³-hybridized carbons (Fsp3) is 0.231. The van der Waals surface area contributed by atoms with Crippen molar-refractivity contribution in [2.24, 2.45) is 0 Å². The standard InChI is InChI=1S/C13H14N2O3/c1-2-15-9-14-7-11(15)8-18-12-5-3-10(4-6-12)13(16)17/h3-7,9H,2,8H2,1H3,(H,16,17). The number of carbonyl (C=O) groups is 1. The molecule has 0 saturated carbocycles. The summed E-state index contributed by atoms with van der Waals surface area (Å²) in [6.07, 6.45) is 3.52. The number of imidazole rings is 1. The Hall–Kier alpha value is -2.30. The maximum atomic E-state index is 10.7. The van der Waals surface area contributed by atoms with E-state index in [1.807, 2.05) is 11.5 Å². The number of carboxylic acid groups (broad SMARTS) is 1. The molecule has 2 aromatic rings. The maximum Gasteiger partial charge on any atom is 0.335 e. The van der Waals surface area contributed by atoms with Crippen molar-refractivity contribution in [3.63, 3.8) is 0 Å². The van der Waals surface area contributed by atoms with Gasteiger partial charge in [0.2, 0.25) is 0 Å². The van der Waals surface area contributed by atoms with Crippen molar-refractivity contribution in [1.82, 2.24) is 9.55 Å². The Morgan fingerprint density at radius 3 is 2.72 bits per heavy atom. The van der Waals surface area contributed by atoms with Crippen molar-refractivity contribution in [3.8, 4) is 5.75 Å². The molecule has 0 amide bonds. The van der Waals surface area contributed by atoms with Crippen LogP contribution in [0.1, 0.15) is 23.0 Å². The molecule has 0 aliphatic carbocycles. The molecule has 1 N–H and O–H groups in total. The van der Waals surface area contributed by atoms with Gasteiger partial charge in [0.05, 0.1) is 23.8 Å². The minimum atomic E-state index is -0.939. The quantitative estimate of drug-likeness (QED) is 0.878. The highest BCUT2D eigenvalue weighted by Gasteiger charge is 2.04. The van der Waals surface area contributed by atoms with Crippen LogP contribution in [-0.2, 0) is 13.2 Å². The minimum Gasteiger partial charge on any atom is -0.487 e. The first-order chi connectivity index (χ1) is 8.70. The highest BCUT2D eigenvalue weighted by Crippen LogP contribution is 2.14. The second-order valence-corrected chi connectivity index (χ2v) is 3.79. The molecular weight excluding hydrogens is 232 g/mol. The lowest BCUT2D eigenvalue weighted by Gasteiger charge is -2.08. The van der Waals surface area contributed by atoms with Gasteiger partial charge in [-0.15, -0.1) is 0 Å². The molecule has 0 aliphatic rings. The van der Waals surface area contributed by atoms with Crippen LogP contribution in [0.5, 0.6) is 5.75 Å². The maximum absolute atomic E-state index is 10.7. The lowest BCUT2D eigenvalue weighted by Crippen LogP contribution is -2.04. The molecule has 5 nitrogen and oxygen atoms in total. The molecule has 0 aliphatic heterocycles. The van der Waals surface area contributed by atoms with E-state index in [0.717, 1.165) is 12.2 Å². The number of rotatable bonds is 5. The van der Waals surface area contributed by atoms with Gasteiger partial charge >= 0.3 is 5.97 Å². The fourth-order valence-electron chi connectivity index (χ4n) is 1.60. The first-order valence-corrected chi connectivity index (χ1v) is 5.66. The summed E-state index contributed by atoms with van der Waals surface area (Å²) in [4.78, 5) is 14.7. The Morgan fingerprint density at radius 1 is 1.39 bits per heavy atom. The number of hydrogen-bond acceptors (Lipinski definition) is 3. The van der Waals surface area contributed by atoms with Crippen LogP contribution in [-0.4, -0.2) is 20.6 Å². The first kappa shape index (κ1) is 12.2. The van der Waals surface area contributed by atoms with E-state index in [1.54, 1.807) is 24.7 Å². The van der Waals surface area contributed by atoms with Gasteiger partial charge in [0.1, 0.15) is 12.4 Å². The van der Waals surface area contributed by atoms with Gasteiger partial charge in [-0.2, -0.15) is 0 Å². The zero-order chi connectivity index (χ0) is 13.0. The molecule has 5 heteroatoms. The number of hydrogen-bond donors (Lipinski definition) is 1. The Kier molecular flexibility index (Phi) is 3.62. The third-order valence-corrected chi connectivity index (χ3v) is 2.63. The van der Waals surface area contributed by atoms with Gasteiger partial charge < -0.3 is 14.4 Å².